The van der Waals surface area contributed by atoms with E-state index in [9.17, 15) is 39.5 Å². The van der Waals surface area contributed by atoms with Crippen LogP contribution in [-0.2, 0) is 0 Å². The van der Waals surface area contributed by atoms with E-state index in [-0.39, 0.29) is 15.7 Å². The molecule has 4 nitrogen and oxygen atoms in total. The third kappa shape index (κ3) is 5.55. The molecule has 0 unspecified atom stereocenters. The Morgan fingerprint density at radius 2 is 0.517 bits per heavy atom. The minimum atomic E-state index is -2.61. The van der Waals surface area contributed by atoms with E-state index in [0.29, 0.717) is 0 Å². The molecule has 0 saturated heterocycles. The first-order chi connectivity index (χ1) is 27.4. The van der Waals surface area contributed by atoms with Gasteiger partial charge in [-0.1, -0.05) is 0 Å². The number of aromatic nitrogens is 4. The Morgan fingerprint density at radius 1 is 0.293 bits per heavy atom. The average molecular weight is 887 g/mol. The molecule has 8 rings (SSSR count). The van der Waals surface area contributed by atoms with E-state index in [1.807, 2.05) is 0 Å². The summed E-state index contributed by atoms with van der Waals surface area (Å²) in [4.78, 5) is 13.3. The highest BCUT2D eigenvalue weighted by molar-refractivity contribution is 9.10. The number of benzene rings is 3. The maximum Gasteiger partial charge on any atom is 0.200 e. The second kappa shape index (κ2) is 13.7. The van der Waals surface area contributed by atoms with Crippen LogP contribution >= 0.6 is 15.9 Å². The van der Waals surface area contributed by atoms with Gasteiger partial charge in [0.25, 0.3) is 0 Å². The van der Waals surface area contributed by atoms with Crippen LogP contribution < -0.4 is 0 Å². The Kier molecular flexibility index (Phi) is 9.09. The minimum Gasteiger partial charge on any atom is -0.354 e. The van der Waals surface area contributed by atoms with Crippen LogP contribution in [0.5, 0.6) is 0 Å². The molecule has 0 saturated carbocycles. The SMILES string of the molecule is Fc1c(F)c(F)c(-c2c3nc(c(-c4c(F)c(F)c(F)c(F)c4F)c4ccc([nH]4)c(-c4c(F)c(F)c(F)c(F)c4F)c4nc(c(Br)c5ccc2[nH]5)C=C4)C=C3)c(F)c1F. The van der Waals surface area contributed by atoms with Crippen LogP contribution in [-0.4, -0.2) is 19.9 Å². The standard InChI is InChI=1S/C38H10BrF15N4/c39-23-15-7-5-13(57-15)18(21-26(42)32(48)37(53)33(49)27(21)43)11-3-1-9(55-11)17(20-24(40)30(46)36(52)31(47)25(20)41)10-2-4-12(56-10)19(14-6-8-16(23)58-14)22-28(44)34(50)38(54)35(51)29(22)45/h1-8,55,58H. The molecule has 0 amide bonds. The smallest absolute Gasteiger partial charge is 0.200 e. The predicted octanol–water partition coefficient (Wildman–Crippen LogP) is 12.5. The van der Waals surface area contributed by atoms with E-state index in [4.69, 9.17) is 0 Å². The zero-order valence-electron chi connectivity index (χ0n) is 27.6. The summed E-state index contributed by atoms with van der Waals surface area (Å²) in [6, 6.07) is 3.91. The van der Waals surface area contributed by atoms with E-state index in [1.165, 1.54) is 6.07 Å². The lowest BCUT2D eigenvalue weighted by Crippen LogP contribution is -2.06. The molecule has 0 atom stereocenters. The molecule has 20 heteroatoms. The predicted molar refractivity (Wildman–Crippen MR) is 182 cm³/mol. The molecule has 58 heavy (non-hydrogen) atoms. The van der Waals surface area contributed by atoms with Gasteiger partial charge in [-0.15, -0.1) is 0 Å². The van der Waals surface area contributed by atoms with Crippen LogP contribution in [0.4, 0.5) is 65.9 Å². The lowest BCUT2D eigenvalue weighted by atomic mass is 10.0. The lowest BCUT2D eigenvalue weighted by molar-refractivity contribution is 0.381. The summed E-state index contributed by atoms with van der Waals surface area (Å²) >= 11 is 3.22. The Balaban J connectivity index is 1.64. The number of rotatable bonds is 3. The monoisotopic (exact) mass is 886 g/mol. The highest BCUT2D eigenvalue weighted by Crippen LogP contribution is 2.43. The molecule has 2 aliphatic rings. The first-order valence-electron chi connectivity index (χ1n) is 15.8. The fourth-order valence-corrected chi connectivity index (χ4v) is 6.89. The van der Waals surface area contributed by atoms with Crippen LogP contribution in [0.3, 0.4) is 0 Å². The van der Waals surface area contributed by atoms with Crippen molar-refractivity contribution in [3.63, 3.8) is 0 Å². The summed E-state index contributed by atoms with van der Waals surface area (Å²) in [5.74, 6) is -36.6. The van der Waals surface area contributed by atoms with Crippen LogP contribution in [0.25, 0.3) is 79.8 Å². The zero-order valence-corrected chi connectivity index (χ0v) is 29.1. The van der Waals surface area contributed by atoms with Crippen molar-refractivity contribution in [2.75, 3.05) is 0 Å². The zero-order chi connectivity index (χ0) is 41.8. The van der Waals surface area contributed by atoms with Crippen molar-refractivity contribution in [2.24, 2.45) is 0 Å². The van der Waals surface area contributed by atoms with Crippen molar-refractivity contribution in [1.29, 1.82) is 0 Å². The molecular weight excluding hydrogens is 877 g/mol. The fraction of sp³-hybridized carbons (Fsp3) is 0. The highest BCUT2D eigenvalue weighted by Gasteiger charge is 2.33. The fourth-order valence-electron chi connectivity index (χ4n) is 6.43. The Hall–Kier alpha value is -6.31. The minimum absolute atomic E-state index is 0.0594. The molecule has 3 aromatic carbocycles. The van der Waals surface area contributed by atoms with Gasteiger partial charge in [-0.3, -0.25) is 0 Å². The molecule has 0 radical (unpaired) electrons. The summed E-state index contributed by atoms with van der Waals surface area (Å²) in [5.41, 5.74) is -11.8. The number of hydrogen-bond donors (Lipinski definition) is 2. The normalized spacial score (nSPS) is 12.3. The molecule has 5 heterocycles. The van der Waals surface area contributed by atoms with Gasteiger partial charge in [0.2, 0.25) is 17.5 Å². The Morgan fingerprint density at radius 3 is 0.828 bits per heavy atom. The van der Waals surface area contributed by atoms with Gasteiger partial charge < -0.3 is 9.97 Å². The molecular formula is C38H10BrF15N4. The first kappa shape index (κ1) is 38.6. The second-order valence-electron chi connectivity index (χ2n) is 12.3. The molecule has 0 spiro atoms. The van der Waals surface area contributed by atoms with Crippen LogP contribution in [0, 0.1) is 87.3 Å². The molecule has 0 fully saturated rings. The lowest BCUT2D eigenvalue weighted by Gasteiger charge is -2.11. The largest absolute Gasteiger partial charge is 0.354 e. The number of aromatic amines is 2. The summed E-state index contributed by atoms with van der Waals surface area (Å²) in [7, 11) is 0. The van der Waals surface area contributed by atoms with Gasteiger partial charge in [0.1, 0.15) is 0 Å². The summed E-state index contributed by atoms with van der Waals surface area (Å²) in [5, 5.41) is 0. The van der Waals surface area contributed by atoms with Gasteiger partial charge in [0, 0.05) is 33.2 Å². The maximum absolute atomic E-state index is 15.6. The van der Waals surface area contributed by atoms with Gasteiger partial charge in [-0.05, 0) is 64.5 Å². The molecule has 2 aliphatic heterocycles. The molecule has 2 N–H and O–H groups in total. The summed E-state index contributed by atoms with van der Waals surface area (Å²) in [6.07, 6.45) is 3.79. The first-order valence-corrected chi connectivity index (χ1v) is 16.6. The van der Waals surface area contributed by atoms with Crippen LogP contribution in [0.2, 0.25) is 0 Å². The molecule has 6 aromatic rings. The summed E-state index contributed by atoms with van der Waals surface area (Å²) < 4.78 is 224. The topological polar surface area (TPSA) is 57.4 Å². The second-order valence-corrected chi connectivity index (χ2v) is 13.1. The van der Waals surface area contributed by atoms with Crippen molar-refractivity contribution in [3.05, 3.63) is 139 Å². The average Bonchev–Trinajstić information content (AvgIpc) is 4.06. The van der Waals surface area contributed by atoms with Gasteiger partial charge in [-0.25, -0.2) is 75.8 Å². The molecule has 3 aromatic heterocycles. The van der Waals surface area contributed by atoms with E-state index in [0.717, 1.165) is 42.5 Å². The highest BCUT2D eigenvalue weighted by atomic mass is 79.9. The van der Waals surface area contributed by atoms with E-state index in [1.54, 1.807) is 0 Å². The van der Waals surface area contributed by atoms with E-state index >= 15 is 26.3 Å². The van der Waals surface area contributed by atoms with Crippen molar-refractivity contribution in [1.82, 2.24) is 19.9 Å². The number of nitrogens with one attached hydrogen (secondary N) is 2. The van der Waals surface area contributed by atoms with Gasteiger partial charge in [0.15, 0.2) is 69.8 Å². The van der Waals surface area contributed by atoms with Crippen molar-refractivity contribution in [2.45, 2.75) is 0 Å². The maximum atomic E-state index is 15.6. The number of fused-ring (bicyclic) bond motifs is 8. The third-order valence-corrected chi connectivity index (χ3v) is 9.90. The number of hydrogen-bond acceptors (Lipinski definition) is 2. The summed E-state index contributed by atoms with van der Waals surface area (Å²) in [6.45, 7) is 0. The van der Waals surface area contributed by atoms with Crippen molar-refractivity contribution >= 4 is 62.3 Å². The Bertz CT molecular complexity index is 2940. The van der Waals surface area contributed by atoms with Crippen molar-refractivity contribution < 1.29 is 65.9 Å². The van der Waals surface area contributed by atoms with E-state index in [2.05, 4.69) is 35.9 Å². The van der Waals surface area contributed by atoms with Gasteiger partial charge >= 0.3 is 0 Å². The Labute approximate surface area is 319 Å². The number of nitrogens with zero attached hydrogens (tertiary/aromatic N) is 2. The number of halogens is 16. The van der Waals surface area contributed by atoms with E-state index < -0.39 is 154 Å². The quantitative estimate of drug-likeness (QED) is 0.105. The number of H-pyrrole nitrogens is 2. The van der Waals surface area contributed by atoms with Crippen LogP contribution in [0.15, 0.2) is 28.7 Å². The molecule has 0 aliphatic carbocycles. The van der Waals surface area contributed by atoms with Gasteiger partial charge in [0.05, 0.1) is 49.5 Å². The third-order valence-electron chi connectivity index (χ3n) is 9.07. The van der Waals surface area contributed by atoms with Gasteiger partial charge in [-0.2, -0.15) is 0 Å². The molecule has 294 valence electrons. The molecule has 8 bridgehead atoms. The van der Waals surface area contributed by atoms with Crippen molar-refractivity contribution in [3.8, 4) is 33.4 Å². The van der Waals surface area contributed by atoms with Crippen LogP contribution in [0.1, 0.15) is 22.8 Å².